The first-order valence-electron chi connectivity index (χ1n) is 22.7. The van der Waals surface area contributed by atoms with Gasteiger partial charge in [-0.1, -0.05) is 25.1 Å². The van der Waals surface area contributed by atoms with Crippen molar-refractivity contribution in [2.45, 2.75) is 51.6 Å². The van der Waals surface area contributed by atoms with Crippen molar-refractivity contribution in [1.82, 2.24) is 25.1 Å². The van der Waals surface area contributed by atoms with E-state index in [-0.39, 0.29) is 41.0 Å². The van der Waals surface area contributed by atoms with E-state index in [0.717, 1.165) is 27.9 Å². The van der Waals surface area contributed by atoms with Crippen molar-refractivity contribution < 1.29 is 57.2 Å². The summed E-state index contributed by atoms with van der Waals surface area (Å²) in [4.78, 5) is 95.6. The van der Waals surface area contributed by atoms with Gasteiger partial charge in [-0.05, 0) is 79.8 Å². The monoisotopic (exact) mass is 938 g/mol. The minimum absolute atomic E-state index is 0.0602. The number of imide groups is 2. The van der Waals surface area contributed by atoms with E-state index in [1.807, 2.05) is 29.7 Å². The van der Waals surface area contributed by atoms with Crippen LogP contribution >= 0.6 is 0 Å². The normalized spacial score (nSPS) is 15.1. The summed E-state index contributed by atoms with van der Waals surface area (Å²) in [5, 5.41) is 8.24. The number of hydrogen-bond donors (Lipinski definition) is 5. The second-order valence-corrected chi connectivity index (χ2v) is 15.7. The molecule has 0 aliphatic carbocycles. The fraction of sp³-hybridized carbons (Fsp3) is 0.417. The third-order valence-electron chi connectivity index (χ3n) is 10.8. The van der Waals surface area contributed by atoms with Crippen molar-refractivity contribution in [3.63, 3.8) is 0 Å². The Balaban J connectivity index is 0.741. The molecule has 1 saturated heterocycles. The van der Waals surface area contributed by atoms with E-state index < -0.39 is 41.5 Å². The maximum Gasteiger partial charge on any atom is 0.280 e. The molecule has 20 heteroatoms. The molecule has 0 radical (unpaired) electrons. The molecule has 1 unspecified atom stereocenters. The van der Waals surface area contributed by atoms with Crippen LogP contribution in [0, 0.1) is 0 Å². The molecular formula is C48H58N8O12. The van der Waals surface area contributed by atoms with Gasteiger partial charge >= 0.3 is 0 Å². The van der Waals surface area contributed by atoms with Gasteiger partial charge in [0.05, 0.1) is 75.0 Å². The lowest BCUT2D eigenvalue weighted by atomic mass is 10.0. The van der Waals surface area contributed by atoms with Crippen LogP contribution in [-0.4, -0.2) is 141 Å². The van der Waals surface area contributed by atoms with Crippen LogP contribution in [0.3, 0.4) is 0 Å². The van der Waals surface area contributed by atoms with Crippen molar-refractivity contribution in [2.24, 2.45) is 10.7 Å². The van der Waals surface area contributed by atoms with E-state index in [0.29, 0.717) is 110 Å². The van der Waals surface area contributed by atoms with Crippen LogP contribution in [0.5, 0.6) is 0 Å². The number of ether oxygens (including phenoxy) is 5. The van der Waals surface area contributed by atoms with Gasteiger partial charge in [-0.25, -0.2) is 0 Å². The van der Waals surface area contributed by atoms with Gasteiger partial charge in [-0.3, -0.25) is 43.8 Å². The van der Waals surface area contributed by atoms with Gasteiger partial charge in [0.1, 0.15) is 6.04 Å². The van der Waals surface area contributed by atoms with Gasteiger partial charge in [0.25, 0.3) is 17.7 Å². The molecule has 6 N–H and O–H groups in total. The maximum atomic E-state index is 13.2. The minimum Gasteiger partial charge on any atom is -0.384 e. The summed E-state index contributed by atoms with van der Waals surface area (Å²) in [5.41, 5.74) is 9.55. The number of nitrogens with one attached hydrogen (secondary N) is 4. The number of benzene rings is 3. The number of amides is 7. The number of anilines is 1. The molecule has 1 aromatic heterocycles. The number of rotatable bonds is 28. The number of aryl methyl sites for hydroxylation is 1. The summed E-state index contributed by atoms with van der Waals surface area (Å²) in [6.45, 7) is 7.78. The zero-order chi connectivity index (χ0) is 48.3. The molecule has 68 heavy (non-hydrogen) atoms. The number of nitrogens with zero attached hydrogens (tertiary/aromatic N) is 3. The average molecular weight is 939 g/mol. The summed E-state index contributed by atoms with van der Waals surface area (Å²) >= 11 is 0. The number of hydrogen-bond acceptors (Lipinski definition) is 13. The van der Waals surface area contributed by atoms with E-state index >= 15 is 0 Å². The zero-order valence-electron chi connectivity index (χ0n) is 38.1. The van der Waals surface area contributed by atoms with Gasteiger partial charge in [0, 0.05) is 62.2 Å². The van der Waals surface area contributed by atoms with E-state index in [1.54, 1.807) is 36.4 Å². The fourth-order valence-electron chi connectivity index (χ4n) is 7.46. The second-order valence-electron chi connectivity index (χ2n) is 15.7. The molecule has 3 heterocycles. The third-order valence-corrected chi connectivity index (χ3v) is 10.8. The number of piperidine rings is 1. The predicted molar refractivity (Wildman–Crippen MR) is 248 cm³/mol. The summed E-state index contributed by atoms with van der Waals surface area (Å²) in [6, 6.07) is 15.7. The largest absolute Gasteiger partial charge is 0.384 e. The molecule has 20 nitrogen and oxygen atoms in total. The Bertz CT molecular complexity index is 2550. The molecule has 4 aromatic rings. The van der Waals surface area contributed by atoms with E-state index in [9.17, 15) is 33.6 Å². The highest BCUT2D eigenvalue weighted by Gasteiger charge is 2.45. The van der Waals surface area contributed by atoms with Crippen LogP contribution in [0.2, 0.25) is 0 Å². The Morgan fingerprint density at radius 2 is 1.44 bits per heavy atom. The van der Waals surface area contributed by atoms with Crippen LogP contribution < -0.4 is 27.3 Å². The summed E-state index contributed by atoms with van der Waals surface area (Å²) in [7, 11) is 0. The fourth-order valence-corrected chi connectivity index (χ4v) is 7.46. The lowest BCUT2D eigenvalue weighted by Gasteiger charge is -2.27. The summed E-state index contributed by atoms with van der Waals surface area (Å²) < 4.78 is 29.8. The topological polar surface area (TPSA) is 264 Å². The van der Waals surface area contributed by atoms with Crippen LogP contribution in [0.15, 0.2) is 71.7 Å². The van der Waals surface area contributed by atoms with Crippen LogP contribution in [-0.2, 0) is 44.6 Å². The van der Waals surface area contributed by atoms with Crippen LogP contribution in [0.4, 0.5) is 5.69 Å². The van der Waals surface area contributed by atoms with Gasteiger partial charge in [0.2, 0.25) is 29.2 Å². The third kappa shape index (κ3) is 14.1. The highest BCUT2D eigenvalue weighted by atomic mass is 16.6. The van der Waals surface area contributed by atoms with Crippen molar-refractivity contribution in [3.05, 3.63) is 100 Å². The first-order valence-corrected chi connectivity index (χ1v) is 22.7. The Labute approximate surface area is 392 Å². The number of carbonyl (C=O) groups is 7. The van der Waals surface area contributed by atoms with Crippen LogP contribution in [0.25, 0.3) is 17.1 Å². The SMILES string of the molecule is CCCn1/c(=N/C(=O)c2cccc(C(N)=O)c2)[nH]c2cc(/C=C/C(=O)NCCCOCCOCCOCCOCCOCCCNc3cccc4c3C(=O)N(C3CCC(=O)NC3=O)C4=O)ccc21. The number of primary amides is 1. The number of aromatic nitrogens is 2. The van der Waals surface area contributed by atoms with Crippen molar-refractivity contribution in [2.75, 3.05) is 84.5 Å². The molecule has 0 saturated carbocycles. The lowest BCUT2D eigenvalue weighted by molar-refractivity contribution is -0.136. The molecule has 0 spiro atoms. The molecule has 6 rings (SSSR count). The highest BCUT2D eigenvalue weighted by Crippen LogP contribution is 2.32. The van der Waals surface area contributed by atoms with Gasteiger partial charge < -0.3 is 49.6 Å². The van der Waals surface area contributed by atoms with Gasteiger partial charge in [0.15, 0.2) is 0 Å². The van der Waals surface area contributed by atoms with Gasteiger partial charge in [-0.15, -0.1) is 0 Å². The minimum atomic E-state index is -1.02. The molecule has 1 fully saturated rings. The molecule has 1 atom stereocenters. The summed E-state index contributed by atoms with van der Waals surface area (Å²) in [6.07, 6.45) is 5.41. The number of imidazole rings is 1. The summed E-state index contributed by atoms with van der Waals surface area (Å²) in [5.74, 6) is -3.54. The van der Waals surface area contributed by atoms with E-state index in [1.165, 1.54) is 18.2 Å². The number of nitrogens with two attached hydrogens (primary N) is 1. The molecule has 7 amide bonds. The quantitative estimate of drug-likeness (QED) is 0.0312. The second kappa shape index (κ2) is 25.9. The Morgan fingerprint density at radius 1 is 0.794 bits per heavy atom. The Kier molecular flexibility index (Phi) is 19.3. The smallest absolute Gasteiger partial charge is 0.280 e. The zero-order valence-corrected chi connectivity index (χ0v) is 38.1. The molecule has 0 bridgehead atoms. The number of fused-ring (bicyclic) bond motifs is 2. The number of carbonyl (C=O) groups excluding carboxylic acids is 7. The van der Waals surface area contributed by atoms with Crippen molar-refractivity contribution in [1.29, 1.82) is 0 Å². The lowest BCUT2D eigenvalue weighted by Crippen LogP contribution is -2.54. The predicted octanol–water partition coefficient (Wildman–Crippen LogP) is 2.73. The van der Waals surface area contributed by atoms with E-state index in [2.05, 4.69) is 25.9 Å². The molecule has 362 valence electrons. The molecule has 2 aliphatic rings. The standard InChI is InChI=1S/C48H58N8O12/c1-2-19-55-38-13-11-32(30-37(38)52-48(55)54-44(60)34-8-3-7-33(31-34)43(49)59)12-15-40(57)51-18-6-21-65-23-25-67-27-29-68-28-26-66-24-22-64-20-5-17-50-36-10-4-9-35-42(36)47(63)56(46(35)62)39-14-16-41(58)53-45(39)61/h3-4,7-13,15,30-31,39,50H,2,5-6,14,16-29H2,1H3,(H2,49,59)(H,51,57)(H,52,54,60)(H,53,58,61)/b15-12+. The molecule has 2 aliphatic heterocycles. The first kappa shape index (κ1) is 50.6. The molecular weight excluding hydrogens is 881 g/mol. The Morgan fingerprint density at radius 3 is 2.10 bits per heavy atom. The number of aromatic amines is 1. The molecule has 3 aromatic carbocycles. The van der Waals surface area contributed by atoms with Crippen LogP contribution in [0.1, 0.15) is 86.0 Å². The van der Waals surface area contributed by atoms with Crippen molar-refractivity contribution >= 4 is 64.1 Å². The highest BCUT2D eigenvalue weighted by molar-refractivity contribution is 6.25. The maximum absolute atomic E-state index is 13.2. The first-order chi connectivity index (χ1) is 33.0. The van der Waals surface area contributed by atoms with E-state index in [4.69, 9.17) is 29.4 Å². The van der Waals surface area contributed by atoms with Gasteiger partial charge in [-0.2, -0.15) is 4.99 Å². The number of H-pyrrole nitrogens is 1. The van der Waals surface area contributed by atoms with Crippen molar-refractivity contribution in [3.8, 4) is 0 Å². The Hall–Kier alpha value is -6.84. The average Bonchev–Trinajstić information content (AvgIpc) is 3.80.